The number of benzene rings is 2. The van der Waals surface area contributed by atoms with Gasteiger partial charge in [-0.05, 0) is 75.9 Å². The Balaban J connectivity index is 1.48. The van der Waals surface area contributed by atoms with Gasteiger partial charge in [-0.2, -0.15) is 0 Å². The van der Waals surface area contributed by atoms with Crippen molar-refractivity contribution < 1.29 is 8.42 Å². The van der Waals surface area contributed by atoms with E-state index < -0.39 is 10.0 Å². The van der Waals surface area contributed by atoms with Crippen molar-refractivity contribution in [2.24, 2.45) is 0 Å². The highest BCUT2D eigenvalue weighted by molar-refractivity contribution is 7.90. The van der Waals surface area contributed by atoms with Crippen LogP contribution >= 0.6 is 0 Å². The zero-order chi connectivity index (χ0) is 21.7. The lowest BCUT2D eigenvalue weighted by atomic mass is 10.0. The molecule has 0 aromatic heterocycles. The SMILES string of the molecule is CC1c2ccc(NCCCCCNS(=O)(=O)C(C)C)cc2C(C)N1c1ccccc1. The monoisotopic (exact) mass is 429 g/mol. The molecule has 30 heavy (non-hydrogen) atoms. The molecule has 5 nitrogen and oxygen atoms in total. The second-order valence-corrected chi connectivity index (χ2v) is 10.7. The van der Waals surface area contributed by atoms with E-state index in [-0.39, 0.29) is 5.25 Å². The maximum absolute atomic E-state index is 11.7. The van der Waals surface area contributed by atoms with Gasteiger partial charge in [0.2, 0.25) is 10.0 Å². The molecule has 0 amide bonds. The fraction of sp³-hybridized carbons (Fsp3) is 0.500. The van der Waals surface area contributed by atoms with Gasteiger partial charge in [0.15, 0.2) is 0 Å². The number of unbranched alkanes of at least 4 members (excludes halogenated alkanes) is 2. The molecule has 2 N–H and O–H groups in total. The van der Waals surface area contributed by atoms with Gasteiger partial charge in [-0.15, -0.1) is 0 Å². The maximum atomic E-state index is 11.7. The van der Waals surface area contributed by atoms with E-state index in [2.05, 4.69) is 77.3 Å². The molecule has 0 spiro atoms. The molecule has 0 saturated carbocycles. The van der Waals surface area contributed by atoms with Crippen LogP contribution in [0.5, 0.6) is 0 Å². The highest BCUT2D eigenvalue weighted by atomic mass is 32.2. The standard InChI is InChI=1S/C24H35N3O2S/c1-18(2)30(28,29)26-16-10-6-9-15-25-21-13-14-23-19(3)27(20(4)24(23)17-21)22-11-7-5-8-12-22/h5,7-8,11-14,17-20,25-26H,6,9-10,15-16H2,1-4H3. The van der Waals surface area contributed by atoms with E-state index in [9.17, 15) is 8.42 Å². The Bertz CT molecular complexity index is 929. The minimum absolute atomic E-state index is 0.341. The van der Waals surface area contributed by atoms with Gasteiger partial charge < -0.3 is 10.2 Å². The number of hydrogen-bond acceptors (Lipinski definition) is 4. The molecule has 3 rings (SSSR count). The molecule has 0 fully saturated rings. The van der Waals surface area contributed by atoms with Gasteiger partial charge >= 0.3 is 0 Å². The van der Waals surface area contributed by atoms with Gasteiger partial charge in [-0.25, -0.2) is 13.1 Å². The lowest BCUT2D eigenvalue weighted by Crippen LogP contribution is -2.31. The summed E-state index contributed by atoms with van der Waals surface area (Å²) in [7, 11) is -3.14. The number of fused-ring (bicyclic) bond motifs is 1. The molecule has 6 heteroatoms. The first kappa shape index (κ1) is 22.6. The predicted octanol–water partition coefficient (Wildman–Crippen LogP) is 5.24. The average Bonchev–Trinajstić information content (AvgIpc) is 2.97. The zero-order valence-corrected chi connectivity index (χ0v) is 19.4. The van der Waals surface area contributed by atoms with Crippen LogP contribution in [0.1, 0.15) is 70.2 Å². The number of rotatable bonds is 10. The van der Waals surface area contributed by atoms with Crippen molar-refractivity contribution in [2.75, 3.05) is 23.3 Å². The summed E-state index contributed by atoms with van der Waals surface area (Å²) in [5.41, 5.74) is 5.20. The Hall–Kier alpha value is -2.05. The van der Waals surface area contributed by atoms with Crippen LogP contribution in [0, 0.1) is 0 Å². The molecule has 1 aliphatic rings. The van der Waals surface area contributed by atoms with E-state index in [1.165, 1.54) is 16.8 Å². The molecule has 2 atom stereocenters. The molecule has 0 saturated heterocycles. The van der Waals surface area contributed by atoms with Gasteiger partial charge in [0.25, 0.3) is 0 Å². The lowest BCUT2D eigenvalue weighted by molar-refractivity contribution is 0.566. The predicted molar refractivity (Wildman–Crippen MR) is 127 cm³/mol. The second kappa shape index (κ2) is 9.84. The number of sulfonamides is 1. The van der Waals surface area contributed by atoms with E-state index in [0.29, 0.717) is 18.6 Å². The summed E-state index contributed by atoms with van der Waals surface area (Å²) in [5, 5.41) is 3.16. The summed E-state index contributed by atoms with van der Waals surface area (Å²) in [6, 6.07) is 18.0. The fourth-order valence-electron chi connectivity index (χ4n) is 4.15. The van der Waals surface area contributed by atoms with Crippen LogP contribution in [0.4, 0.5) is 11.4 Å². The Labute approximate surface area is 181 Å². The minimum atomic E-state index is -3.14. The Morgan fingerprint density at radius 3 is 2.27 bits per heavy atom. The second-order valence-electron chi connectivity index (χ2n) is 8.41. The summed E-state index contributed by atoms with van der Waals surface area (Å²) >= 11 is 0. The molecule has 1 heterocycles. The first-order chi connectivity index (χ1) is 14.3. The van der Waals surface area contributed by atoms with E-state index in [1.54, 1.807) is 13.8 Å². The van der Waals surface area contributed by atoms with Crippen LogP contribution in [-0.2, 0) is 10.0 Å². The van der Waals surface area contributed by atoms with E-state index in [0.717, 1.165) is 31.5 Å². The van der Waals surface area contributed by atoms with Gasteiger partial charge in [-0.1, -0.05) is 30.7 Å². The lowest BCUT2D eigenvalue weighted by Gasteiger charge is -2.29. The van der Waals surface area contributed by atoms with Crippen molar-refractivity contribution in [1.29, 1.82) is 0 Å². The van der Waals surface area contributed by atoms with Gasteiger partial charge in [-0.3, -0.25) is 0 Å². The Kier molecular flexibility index (Phi) is 7.42. The number of para-hydroxylation sites is 1. The third kappa shape index (κ3) is 5.16. The number of nitrogens with one attached hydrogen (secondary N) is 2. The molecular formula is C24H35N3O2S. The molecule has 164 valence electrons. The summed E-state index contributed by atoms with van der Waals surface area (Å²) in [4.78, 5) is 2.48. The molecule has 1 aliphatic heterocycles. The smallest absolute Gasteiger partial charge is 0.213 e. The van der Waals surface area contributed by atoms with Gasteiger partial charge in [0.1, 0.15) is 0 Å². The van der Waals surface area contributed by atoms with Crippen LogP contribution in [0.25, 0.3) is 0 Å². The molecule has 2 unspecified atom stereocenters. The number of anilines is 2. The highest BCUT2D eigenvalue weighted by Crippen LogP contribution is 2.45. The molecule has 0 radical (unpaired) electrons. The van der Waals surface area contributed by atoms with Crippen molar-refractivity contribution in [3.05, 3.63) is 59.7 Å². The number of hydrogen-bond donors (Lipinski definition) is 2. The Morgan fingerprint density at radius 1 is 0.900 bits per heavy atom. The molecule has 2 aromatic carbocycles. The van der Waals surface area contributed by atoms with Gasteiger partial charge in [0, 0.05) is 24.5 Å². The molecule has 0 aliphatic carbocycles. The fourth-order valence-corrected chi connectivity index (χ4v) is 4.91. The van der Waals surface area contributed by atoms with E-state index in [1.807, 2.05) is 0 Å². The van der Waals surface area contributed by atoms with Crippen molar-refractivity contribution in [2.45, 2.75) is 64.3 Å². The largest absolute Gasteiger partial charge is 0.385 e. The van der Waals surface area contributed by atoms with Crippen molar-refractivity contribution in [1.82, 2.24) is 4.72 Å². The van der Waals surface area contributed by atoms with Crippen LogP contribution < -0.4 is 14.9 Å². The summed E-state index contributed by atoms with van der Waals surface area (Å²) in [6.45, 7) is 9.35. The third-order valence-electron chi connectivity index (χ3n) is 5.98. The van der Waals surface area contributed by atoms with Gasteiger partial charge in [0.05, 0.1) is 17.3 Å². The number of nitrogens with zero attached hydrogens (tertiary/aromatic N) is 1. The van der Waals surface area contributed by atoms with Crippen LogP contribution in [0.3, 0.4) is 0 Å². The van der Waals surface area contributed by atoms with E-state index in [4.69, 9.17) is 0 Å². The van der Waals surface area contributed by atoms with Crippen molar-refractivity contribution in [3.8, 4) is 0 Å². The summed E-state index contributed by atoms with van der Waals surface area (Å²) < 4.78 is 26.1. The first-order valence-electron chi connectivity index (χ1n) is 11.0. The maximum Gasteiger partial charge on any atom is 0.213 e. The quantitative estimate of drug-likeness (QED) is 0.507. The summed E-state index contributed by atoms with van der Waals surface area (Å²) in [5.74, 6) is 0. The third-order valence-corrected chi connectivity index (χ3v) is 7.83. The van der Waals surface area contributed by atoms with Crippen molar-refractivity contribution >= 4 is 21.4 Å². The zero-order valence-electron chi connectivity index (χ0n) is 18.6. The molecular weight excluding hydrogens is 394 g/mol. The average molecular weight is 430 g/mol. The summed E-state index contributed by atoms with van der Waals surface area (Å²) in [6.07, 6.45) is 2.87. The normalized spacial score (nSPS) is 18.6. The van der Waals surface area contributed by atoms with Crippen LogP contribution in [0.15, 0.2) is 48.5 Å². The highest BCUT2D eigenvalue weighted by Gasteiger charge is 2.33. The molecule has 2 aromatic rings. The topological polar surface area (TPSA) is 61.4 Å². The van der Waals surface area contributed by atoms with Crippen molar-refractivity contribution in [3.63, 3.8) is 0 Å². The Morgan fingerprint density at radius 2 is 1.57 bits per heavy atom. The van der Waals surface area contributed by atoms with Crippen LogP contribution in [0.2, 0.25) is 0 Å². The minimum Gasteiger partial charge on any atom is -0.385 e. The molecule has 0 bridgehead atoms. The van der Waals surface area contributed by atoms with Crippen LogP contribution in [-0.4, -0.2) is 26.8 Å². The first-order valence-corrected chi connectivity index (χ1v) is 12.6. The van der Waals surface area contributed by atoms with E-state index >= 15 is 0 Å².